The van der Waals surface area contributed by atoms with Gasteiger partial charge in [-0.1, -0.05) is 60.7 Å². The zero-order valence-electron chi connectivity index (χ0n) is 11.7. The molecule has 1 radical (unpaired) electrons. The molecular weight excluding hydrogens is 291 g/mol. The summed E-state index contributed by atoms with van der Waals surface area (Å²) in [6.45, 7) is 0. The minimum Gasteiger partial charge on any atom is -0.536 e. The molecule has 0 atom stereocenters. The van der Waals surface area contributed by atoms with Crippen molar-refractivity contribution < 1.29 is 9.68 Å². The van der Waals surface area contributed by atoms with E-state index in [1.165, 1.54) is 21.2 Å². The third kappa shape index (κ3) is 2.08. The fourth-order valence-electron chi connectivity index (χ4n) is 2.79. The van der Waals surface area contributed by atoms with Gasteiger partial charge in [-0.15, -0.1) is 11.3 Å². The Bertz CT molecular complexity index is 947. The van der Waals surface area contributed by atoms with E-state index in [2.05, 4.69) is 48.5 Å². The molecule has 4 heteroatoms. The number of thiophene rings is 1. The van der Waals surface area contributed by atoms with Crippen LogP contribution in [0.25, 0.3) is 31.3 Å². The van der Waals surface area contributed by atoms with Gasteiger partial charge in [-0.05, 0) is 17.2 Å². The molecule has 0 aliphatic carbocycles. The Morgan fingerprint density at radius 2 is 1.50 bits per heavy atom. The fourth-order valence-corrected chi connectivity index (χ4v) is 4.08. The van der Waals surface area contributed by atoms with E-state index in [0.29, 0.717) is 5.75 Å². The molecule has 0 fully saturated rings. The van der Waals surface area contributed by atoms with Crippen molar-refractivity contribution in [3.05, 3.63) is 66.7 Å². The van der Waals surface area contributed by atoms with Crippen LogP contribution in [0, 0.1) is 0 Å². The molecule has 0 saturated heterocycles. The van der Waals surface area contributed by atoms with E-state index < -0.39 is 0 Å². The molecule has 105 valence electrons. The molecule has 1 N–H and O–H groups in total. The van der Waals surface area contributed by atoms with E-state index in [1.807, 2.05) is 18.2 Å². The lowest BCUT2D eigenvalue weighted by Crippen LogP contribution is -1.99. The highest BCUT2D eigenvalue weighted by molar-refractivity contribution is 7.26. The maximum Gasteiger partial charge on any atom is 0.569 e. The summed E-state index contributed by atoms with van der Waals surface area (Å²) in [6.07, 6.45) is 0. The van der Waals surface area contributed by atoms with Crippen molar-refractivity contribution in [2.75, 3.05) is 0 Å². The highest BCUT2D eigenvalue weighted by atomic mass is 32.1. The number of fused-ring (bicyclic) bond motifs is 3. The Kier molecular flexibility index (Phi) is 3.33. The Hall–Kier alpha value is -2.30. The summed E-state index contributed by atoms with van der Waals surface area (Å²) >= 11 is 1.69. The molecule has 4 rings (SSSR count). The molecule has 0 aliphatic heterocycles. The van der Waals surface area contributed by atoms with Crippen LogP contribution in [0.2, 0.25) is 0 Å². The van der Waals surface area contributed by atoms with Gasteiger partial charge in [-0.3, -0.25) is 0 Å². The molecule has 22 heavy (non-hydrogen) atoms. The Labute approximate surface area is 132 Å². The first-order valence-corrected chi connectivity index (χ1v) is 7.82. The predicted molar refractivity (Wildman–Crippen MR) is 93.4 cm³/mol. The molecule has 0 bridgehead atoms. The van der Waals surface area contributed by atoms with Gasteiger partial charge in [0, 0.05) is 15.5 Å². The molecule has 0 unspecified atom stereocenters. The van der Waals surface area contributed by atoms with E-state index in [4.69, 9.17) is 9.68 Å². The lowest BCUT2D eigenvalue weighted by atomic mass is 10.0. The molecule has 0 amide bonds. The molecule has 1 aromatic heterocycles. The Balaban J connectivity index is 2.05. The van der Waals surface area contributed by atoms with E-state index in [0.717, 1.165) is 17.8 Å². The first-order valence-electron chi connectivity index (χ1n) is 7.00. The van der Waals surface area contributed by atoms with Gasteiger partial charge in [0.1, 0.15) is 5.75 Å². The van der Waals surface area contributed by atoms with Crippen LogP contribution in [0.5, 0.6) is 5.75 Å². The van der Waals surface area contributed by atoms with Crippen LogP contribution in [0.1, 0.15) is 0 Å². The third-order valence-corrected chi connectivity index (χ3v) is 5.02. The number of hydrogen-bond donors (Lipinski definition) is 1. The molecule has 4 aromatic rings. The zero-order chi connectivity index (χ0) is 14.9. The summed E-state index contributed by atoms with van der Waals surface area (Å²) in [5, 5.41) is 11.3. The molecule has 0 aliphatic rings. The number of benzene rings is 3. The summed E-state index contributed by atoms with van der Waals surface area (Å²) < 4.78 is 7.52. The Morgan fingerprint density at radius 3 is 2.27 bits per heavy atom. The van der Waals surface area contributed by atoms with Gasteiger partial charge in [0.2, 0.25) is 0 Å². The maximum atomic E-state index is 8.94. The second-order valence-corrected chi connectivity index (χ2v) is 6.03. The summed E-state index contributed by atoms with van der Waals surface area (Å²) in [4.78, 5) is 0. The predicted octanol–water partition coefficient (Wildman–Crippen LogP) is 4.63. The Morgan fingerprint density at radius 1 is 0.773 bits per heavy atom. The molecule has 3 aromatic carbocycles. The van der Waals surface area contributed by atoms with Gasteiger partial charge in [0.25, 0.3) is 0 Å². The molecule has 2 nitrogen and oxygen atoms in total. The number of rotatable bonds is 3. The van der Waals surface area contributed by atoms with Crippen LogP contribution in [0.3, 0.4) is 0 Å². The minimum absolute atomic E-state index is 0.681. The van der Waals surface area contributed by atoms with Crippen LogP contribution < -0.4 is 4.65 Å². The second kappa shape index (κ2) is 5.48. The van der Waals surface area contributed by atoms with E-state index in [-0.39, 0.29) is 0 Å². The maximum absolute atomic E-state index is 8.94. The summed E-state index contributed by atoms with van der Waals surface area (Å²) in [6, 6.07) is 22.6. The van der Waals surface area contributed by atoms with Gasteiger partial charge in [-0.2, -0.15) is 0 Å². The fraction of sp³-hybridized carbons (Fsp3) is 0. The molecule has 0 spiro atoms. The van der Waals surface area contributed by atoms with Crippen LogP contribution >= 0.6 is 11.3 Å². The van der Waals surface area contributed by atoms with Gasteiger partial charge >= 0.3 is 7.69 Å². The average Bonchev–Trinajstić information content (AvgIpc) is 2.96. The van der Waals surface area contributed by atoms with Crippen molar-refractivity contribution in [1.82, 2.24) is 0 Å². The third-order valence-electron chi connectivity index (χ3n) is 3.75. The largest absolute Gasteiger partial charge is 0.569 e. The normalized spacial score (nSPS) is 11.0. The minimum atomic E-state index is 0.681. The highest BCUT2D eigenvalue weighted by Gasteiger charge is 2.13. The highest BCUT2D eigenvalue weighted by Crippen LogP contribution is 2.43. The van der Waals surface area contributed by atoms with Crippen LogP contribution in [0.15, 0.2) is 66.7 Å². The second-order valence-electron chi connectivity index (χ2n) is 5.01. The zero-order valence-corrected chi connectivity index (χ0v) is 12.5. The van der Waals surface area contributed by atoms with Crippen molar-refractivity contribution in [3.8, 4) is 16.9 Å². The van der Waals surface area contributed by atoms with Gasteiger partial charge < -0.3 is 9.68 Å². The summed E-state index contributed by atoms with van der Waals surface area (Å²) in [5.41, 5.74) is 2.43. The van der Waals surface area contributed by atoms with Crippen molar-refractivity contribution in [2.45, 2.75) is 0 Å². The lowest BCUT2D eigenvalue weighted by Gasteiger charge is -2.02. The standard InChI is InChI=1S/C18H12BO2S/c20-19-21-16-11-5-10-15-14-9-4-8-13(17(14)22-18(15)16)12-6-2-1-3-7-12/h1-11,20H. The van der Waals surface area contributed by atoms with Gasteiger partial charge in [-0.25, -0.2) is 0 Å². The van der Waals surface area contributed by atoms with Gasteiger partial charge in [0.05, 0.1) is 4.70 Å². The van der Waals surface area contributed by atoms with Crippen molar-refractivity contribution in [3.63, 3.8) is 0 Å². The lowest BCUT2D eigenvalue weighted by molar-refractivity contribution is 0.457. The summed E-state index contributed by atoms with van der Waals surface area (Å²) in [7, 11) is 0.733. The van der Waals surface area contributed by atoms with E-state index in [1.54, 1.807) is 11.3 Å². The van der Waals surface area contributed by atoms with E-state index >= 15 is 0 Å². The van der Waals surface area contributed by atoms with Crippen LogP contribution in [-0.4, -0.2) is 12.7 Å². The molecule has 0 saturated carbocycles. The first kappa shape index (κ1) is 13.4. The van der Waals surface area contributed by atoms with E-state index in [9.17, 15) is 0 Å². The van der Waals surface area contributed by atoms with Crippen LogP contribution in [0.4, 0.5) is 0 Å². The van der Waals surface area contributed by atoms with Crippen molar-refractivity contribution in [2.24, 2.45) is 0 Å². The first-order chi connectivity index (χ1) is 10.9. The topological polar surface area (TPSA) is 29.5 Å². The van der Waals surface area contributed by atoms with Gasteiger partial charge in [0.15, 0.2) is 0 Å². The summed E-state index contributed by atoms with van der Waals surface area (Å²) in [5.74, 6) is 0.681. The smallest absolute Gasteiger partial charge is 0.536 e. The monoisotopic (exact) mass is 303 g/mol. The SMILES string of the molecule is O[B]Oc1cccc2c1sc1c(-c3ccccc3)cccc12. The number of hydrogen-bond acceptors (Lipinski definition) is 3. The van der Waals surface area contributed by atoms with Crippen molar-refractivity contribution >= 4 is 39.2 Å². The van der Waals surface area contributed by atoms with Crippen LogP contribution in [-0.2, 0) is 0 Å². The average molecular weight is 303 g/mol. The quantitative estimate of drug-likeness (QED) is 0.559. The molecular formula is C18H12BO2S. The molecule has 1 heterocycles. The van der Waals surface area contributed by atoms with Crippen molar-refractivity contribution in [1.29, 1.82) is 0 Å².